The molecule has 2 aliphatic rings. The van der Waals surface area contributed by atoms with Crippen LogP contribution in [0.5, 0.6) is 0 Å². The Hall–Kier alpha value is -3.52. The van der Waals surface area contributed by atoms with E-state index in [0.717, 1.165) is 66.9 Å². The number of aromatic nitrogens is 5. The van der Waals surface area contributed by atoms with Crippen molar-refractivity contribution in [2.75, 3.05) is 31.1 Å². The number of piperazine rings is 1. The fourth-order valence-electron chi connectivity index (χ4n) is 5.87. The van der Waals surface area contributed by atoms with E-state index in [4.69, 9.17) is 0 Å². The average molecular weight is 471 g/mol. The lowest BCUT2D eigenvalue weighted by atomic mass is 10.0. The molecule has 6 rings (SSSR count). The van der Waals surface area contributed by atoms with Gasteiger partial charge < -0.3 is 14.8 Å². The SMILES string of the molecule is Cc1ccc2cc([C@H](c3nnnn3C3CCCC3)[NH+]3CCN(c4ccccc4)CC3)c(=O)[nH]c2c1. The lowest BCUT2D eigenvalue weighted by Crippen LogP contribution is -3.15. The van der Waals surface area contributed by atoms with Crippen LogP contribution in [0.3, 0.4) is 0 Å². The zero-order valence-electron chi connectivity index (χ0n) is 20.2. The summed E-state index contributed by atoms with van der Waals surface area (Å²) in [5.74, 6) is 0.817. The van der Waals surface area contributed by atoms with Crippen molar-refractivity contribution in [3.05, 3.63) is 81.9 Å². The van der Waals surface area contributed by atoms with Crippen LogP contribution in [0.25, 0.3) is 10.9 Å². The van der Waals surface area contributed by atoms with Gasteiger partial charge in [0.05, 0.1) is 37.8 Å². The van der Waals surface area contributed by atoms with Gasteiger partial charge in [0, 0.05) is 11.2 Å². The molecule has 0 bridgehead atoms. The Kier molecular flexibility index (Phi) is 5.82. The number of tetrazole rings is 1. The molecular weight excluding hydrogens is 438 g/mol. The van der Waals surface area contributed by atoms with Gasteiger partial charge in [-0.2, -0.15) is 0 Å². The zero-order chi connectivity index (χ0) is 23.8. The maximum atomic E-state index is 13.5. The predicted octanol–water partition coefficient (Wildman–Crippen LogP) is 2.43. The Balaban J connectivity index is 1.39. The summed E-state index contributed by atoms with van der Waals surface area (Å²) in [4.78, 5) is 20.4. The second-order valence-electron chi connectivity index (χ2n) is 9.98. The van der Waals surface area contributed by atoms with Gasteiger partial charge in [-0.3, -0.25) is 4.79 Å². The highest BCUT2D eigenvalue weighted by molar-refractivity contribution is 5.79. The van der Waals surface area contributed by atoms with E-state index < -0.39 is 0 Å². The quantitative estimate of drug-likeness (QED) is 0.468. The number of hydrogen-bond donors (Lipinski definition) is 2. The van der Waals surface area contributed by atoms with Crippen LogP contribution in [0, 0.1) is 6.92 Å². The molecule has 35 heavy (non-hydrogen) atoms. The number of anilines is 1. The molecule has 0 spiro atoms. The zero-order valence-corrected chi connectivity index (χ0v) is 20.2. The first-order valence-corrected chi connectivity index (χ1v) is 12.7. The molecule has 180 valence electrons. The molecule has 0 radical (unpaired) electrons. The van der Waals surface area contributed by atoms with Gasteiger partial charge >= 0.3 is 0 Å². The molecule has 0 unspecified atom stereocenters. The highest BCUT2D eigenvalue weighted by Gasteiger charge is 2.37. The Bertz CT molecular complexity index is 1370. The molecule has 2 N–H and O–H groups in total. The molecule has 1 saturated heterocycles. The van der Waals surface area contributed by atoms with Gasteiger partial charge in [-0.05, 0) is 65.4 Å². The lowest BCUT2D eigenvalue weighted by molar-refractivity contribution is -0.927. The highest BCUT2D eigenvalue weighted by atomic mass is 16.1. The van der Waals surface area contributed by atoms with Crippen LogP contribution in [-0.2, 0) is 0 Å². The molecule has 2 aromatic heterocycles. The Morgan fingerprint density at radius 3 is 2.57 bits per heavy atom. The molecule has 1 aliphatic carbocycles. The van der Waals surface area contributed by atoms with Gasteiger partial charge in [-0.15, -0.1) is 5.10 Å². The van der Waals surface area contributed by atoms with Crippen LogP contribution in [0.15, 0.2) is 59.4 Å². The number of benzene rings is 2. The molecule has 2 fully saturated rings. The summed E-state index contributed by atoms with van der Waals surface area (Å²) in [5, 5.41) is 14.1. The number of rotatable bonds is 5. The molecule has 8 heteroatoms. The maximum Gasteiger partial charge on any atom is 0.258 e. The fourth-order valence-corrected chi connectivity index (χ4v) is 5.87. The molecule has 3 heterocycles. The van der Waals surface area contributed by atoms with E-state index in [1.165, 1.54) is 23.4 Å². The van der Waals surface area contributed by atoms with Gasteiger partial charge in [0.25, 0.3) is 5.56 Å². The van der Waals surface area contributed by atoms with Gasteiger partial charge in [-0.25, -0.2) is 4.68 Å². The Morgan fingerprint density at radius 2 is 1.80 bits per heavy atom. The average Bonchev–Trinajstić information content (AvgIpc) is 3.58. The summed E-state index contributed by atoms with van der Waals surface area (Å²) < 4.78 is 2.02. The molecular formula is C27H32N7O+. The molecule has 1 saturated carbocycles. The Morgan fingerprint density at radius 1 is 1.03 bits per heavy atom. The van der Waals surface area contributed by atoms with Crippen LogP contribution in [0.1, 0.15) is 54.7 Å². The van der Waals surface area contributed by atoms with Crippen LogP contribution in [0.2, 0.25) is 0 Å². The van der Waals surface area contributed by atoms with Crippen molar-refractivity contribution < 1.29 is 4.90 Å². The van der Waals surface area contributed by atoms with Gasteiger partial charge in [0.15, 0.2) is 6.04 Å². The second-order valence-corrected chi connectivity index (χ2v) is 9.98. The minimum Gasteiger partial charge on any atom is -0.360 e. The number of nitrogens with zero attached hydrogens (tertiary/aromatic N) is 5. The number of aryl methyl sites for hydroxylation is 1. The molecule has 4 aromatic rings. The molecule has 0 amide bonds. The maximum absolute atomic E-state index is 13.5. The summed E-state index contributed by atoms with van der Waals surface area (Å²) in [6.07, 6.45) is 4.59. The molecule has 8 nitrogen and oxygen atoms in total. The highest BCUT2D eigenvalue weighted by Crippen LogP contribution is 2.31. The summed E-state index contributed by atoms with van der Waals surface area (Å²) in [6.45, 7) is 5.70. The van der Waals surface area contributed by atoms with Crippen molar-refractivity contribution in [1.82, 2.24) is 25.2 Å². The van der Waals surface area contributed by atoms with Gasteiger partial charge in [0.1, 0.15) is 0 Å². The smallest absolute Gasteiger partial charge is 0.258 e. The van der Waals surface area contributed by atoms with E-state index in [2.05, 4.69) is 73.9 Å². The largest absolute Gasteiger partial charge is 0.360 e. The van der Waals surface area contributed by atoms with Crippen LogP contribution in [-0.4, -0.2) is 51.4 Å². The summed E-state index contributed by atoms with van der Waals surface area (Å²) in [7, 11) is 0. The van der Waals surface area contributed by atoms with Gasteiger partial charge in [-0.1, -0.05) is 43.2 Å². The van der Waals surface area contributed by atoms with Crippen molar-refractivity contribution >= 4 is 16.6 Å². The van der Waals surface area contributed by atoms with Crippen molar-refractivity contribution in [3.63, 3.8) is 0 Å². The van der Waals surface area contributed by atoms with E-state index in [9.17, 15) is 4.79 Å². The van der Waals surface area contributed by atoms with Gasteiger partial charge in [0.2, 0.25) is 5.82 Å². The minimum absolute atomic E-state index is 0.0490. The molecule has 1 atom stereocenters. The number of hydrogen-bond acceptors (Lipinski definition) is 5. The Labute approximate surface area is 204 Å². The molecule has 1 aliphatic heterocycles. The summed E-state index contributed by atoms with van der Waals surface area (Å²) >= 11 is 0. The minimum atomic E-state index is -0.210. The predicted molar refractivity (Wildman–Crippen MR) is 136 cm³/mol. The van der Waals surface area contributed by atoms with E-state index in [1.807, 2.05) is 17.7 Å². The first kappa shape index (κ1) is 22.0. The summed E-state index contributed by atoms with van der Waals surface area (Å²) in [5.41, 5.74) is 3.95. The van der Waals surface area contributed by atoms with Crippen LogP contribution in [0.4, 0.5) is 5.69 Å². The lowest BCUT2D eigenvalue weighted by Gasteiger charge is -2.37. The van der Waals surface area contributed by atoms with E-state index in [0.29, 0.717) is 6.04 Å². The van der Waals surface area contributed by atoms with E-state index in [1.54, 1.807) is 0 Å². The normalized spacial score (nSPS) is 18.4. The van der Waals surface area contributed by atoms with Crippen LogP contribution < -0.4 is 15.4 Å². The fraction of sp³-hybridized carbons (Fsp3) is 0.407. The number of pyridine rings is 1. The van der Waals surface area contributed by atoms with Crippen molar-refractivity contribution in [1.29, 1.82) is 0 Å². The number of para-hydroxylation sites is 1. The van der Waals surface area contributed by atoms with E-state index >= 15 is 0 Å². The molecule has 2 aromatic carbocycles. The number of quaternary nitrogens is 1. The third-order valence-corrected chi connectivity index (χ3v) is 7.72. The topological polar surface area (TPSA) is 84.1 Å². The number of fused-ring (bicyclic) bond motifs is 1. The first-order valence-electron chi connectivity index (χ1n) is 12.7. The third kappa shape index (κ3) is 4.23. The van der Waals surface area contributed by atoms with Crippen molar-refractivity contribution in [2.45, 2.75) is 44.7 Å². The van der Waals surface area contributed by atoms with E-state index in [-0.39, 0.29) is 11.6 Å². The second kappa shape index (κ2) is 9.26. The monoisotopic (exact) mass is 470 g/mol. The van der Waals surface area contributed by atoms with Crippen molar-refractivity contribution in [3.8, 4) is 0 Å². The summed E-state index contributed by atoms with van der Waals surface area (Å²) in [6, 6.07) is 18.9. The number of H-pyrrole nitrogens is 1. The first-order chi connectivity index (χ1) is 17.2. The third-order valence-electron chi connectivity index (χ3n) is 7.72. The van der Waals surface area contributed by atoms with Crippen molar-refractivity contribution in [2.24, 2.45) is 0 Å². The standard InChI is InChI=1S/C27H31N7O/c1-19-11-12-20-18-23(27(35)28-24(20)17-19)25(26-29-30-31-34(26)22-9-5-6-10-22)33-15-13-32(14-16-33)21-7-3-2-4-8-21/h2-4,7-8,11-12,17-18,22,25H,5-6,9-10,13-16H2,1H3,(H,28,35)/p+1/t25-/m1/s1. The number of nitrogens with one attached hydrogen (secondary N) is 2. The number of aromatic amines is 1. The van der Waals surface area contributed by atoms with Crippen LogP contribution >= 0.6 is 0 Å².